The lowest BCUT2D eigenvalue weighted by atomic mass is 10.1. The molecule has 0 radical (unpaired) electrons. The summed E-state index contributed by atoms with van der Waals surface area (Å²) in [7, 11) is 0. The van der Waals surface area contributed by atoms with E-state index in [4.69, 9.17) is 27.5 Å². The Balaban J connectivity index is 2.05. The van der Waals surface area contributed by atoms with Crippen molar-refractivity contribution in [2.45, 2.75) is 33.4 Å². The summed E-state index contributed by atoms with van der Waals surface area (Å²) in [5, 5.41) is 12.3. The first-order valence-electron chi connectivity index (χ1n) is 6.77. The molecule has 2 aromatic rings. The first kappa shape index (κ1) is 15.4. The van der Waals surface area contributed by atoms with Crippen LogP contribution in [0.15, 0.2) is 24.3 Å². The van der Waals surface area contributed by atoms with E-state index in [2.05, 4.69) is 5.10 Å². The summed E-state index contributed by atoms with van der Waals surface area (Å²) in [4.78, 5) is 0. The molecule has 3 N–H and O–H groups in total. The van der Waals surface area contributed by atoms with Crippen molar-refractivity contribution in [1.82, 2.24) is 9.78 Å². The molecule has 1 aromatic carbocycles. The number of nitrogens with one attached hydrogen (secondary N) is 1. The van der Waals surface area contributed by atoms with Gasteiger partial charge in [-0.25, -0.2) is 0 Å². The molecular formula is C15H19ClN4O. The summed E-state index contributed by atoms with van der Waals surface area (Å²) >= 11 is 6.24. The quantitative estimate of drug-likeness (QED) is 0.636. The zero-order valence-electron chi connectivity index (χ0n) is 12.2. The second-order valence-corrected chi connectivity index (χ2v) is 5.17. The zero-order valence-corrected chi connectivity index (χ0v) is 12.9. The largest absolute Gasteiger partial charge is 0.487 e. The third-order valence-corrected chi connectivity index (χ3v) is 3.64. The van der Waals surface area contributed by atoms with Crippen LogP contribution >= 0.6 is 11.6 Å². The molecule has 0 amide bonds. The Morgan fingerprint density at radius 2 is 2.05 bits per heavy atom. The molecule has 0 saturated heterocycles. The van der Waals surface area contributed by atoms with E-state index < -0.39 is 0 Å². The van der Waals surface area contributed by atoms with Crippen LogP contribution in [0.3, 0.4) is 0 Å². The van der Waals surface area contributed by atoms with E-state index >= 15 is 0 Å². The first-order valence-corrected chi connectivity index (χ1v) is 7.15. The van der Waals surface area contributed by atoms with E-state index in [1.54, 1.807) is 0 Å². The molecule has 0 aliphatic heterocycles. The highest BCUT2D eigenvalue weighted by molar-refractivity contribution is 6.31. The summed E-state index contributed by atoms with van der Waals surface area (Å²) in [5.41, 5.74) is 8.06. The zero-order chi connectivity index (χ0) is 15.4. The SMILES string of the molecule is CCn1nc(C)c(Cl)c1COc1ccc(CC(=N)N)cc1. The molecule has 21 heavy (non-hydrogen) atoms. The number of nitrogens with two attached hydrogens (primary N) is 1. The van der Waals surface area contributed by atoms with Crippen LogP contribution in [0.25, 0.3) is 0 Å². The average molecular weight is 307 g/mol. The molecule has 0 spiro atoms. The number of aromatic nitrogens is 2. The number of amidine groups is 1. The Morgan fingerprint density at radius 3 is 2.62 bits per heavy atom. The molecule has 6 heteroatoms. The monoisotopic (exact) mass is 306 g/mol. The van der Waals surface area contributed by atoms with Gasteiger partial charge in [0.25, 0.3) is 0 Å². The van der Waals surface area contributed by atoms with Gasteiger partial charge in [0.05, 0.1) is 22.2 Å². The molecule has 0 aliphatic carbocycles. The number of benzene rings is 1. The second-order valence-electron chi connectivity index (χ2n) is 4.80. The fourth-order valence-corrected chi connectivity index (χ4v) is 2.27. The van der Waals surface area contributed by atoms with Gasteiger partial charge in [-0.3, -0.25) is 10.1 Å². The van der Waals surface area contributed by atoms with Crippen LogP contribution in [0.4, 0.5) is 0 Å². The third kappa shape index (κ3) is 3.76. The van der Waals surface area contributed by atoms with Gasteiger partial charge in [-0.1, -0.05) is 23.7 Å². The lowest BCUT2D eigenvalue weighted by Crippen LogP contribution is -2.12. The molecule has 5 nitrogen and oxygen atoms in total. The molecule has 0 bridgehead atoms. The number of nitrogens with zero attached hydrogens (tertiary/aromatic N) is 2. The predicted molar refractivity (Wildman–Crippen MR) is 84.0 cm³/mol. The van der Waals surface area contributed by atoms with Crippen LogP contribution in [0.1, 0.15) is 23.9 Å². The molecule has 0 saturated carbocycles. The van der Waals surface area contributed by atoms with Gasteiger partial charge in [-0.05, 0) is 31.5 Å². The standard InChI is InChI=1S/C15H19ClN4O/c1-3-20-13(15(16)10(2)19-20)9-21-12-6-4-11(5-7-12)8-14(17)18/h4-7H,3,8-9H2,1-2H3,(H3,17,18). The Morgan fingerprint density at radius 1 is 1.38 bits per heavy atom. The van der Waals surface area contributed by atoms with E-state index in [0.29, 0.717) is 18.1 Å². The number of halogens is 1. The van der Waals surface area contributed by atoms with Crippen molar-refractivity contribution < 1.29 is 4.74 Å². The summed E-state index contributed by atoms with van der Waals surface area (Å²) in [5.74, 6) is 0.901. The minimum Gasteiger partial charge on any atom is -0.487 e. The van der Waals surface area contributed by atoms with E-state index in [-0.39, 0.29) is 5.84 Å². The Hall–Kier alpha value is -2.01. The second kappa shape index (κ2) is 6.63. The number of rotatable bonds is 6. The van der Waals surface area contributed by atoms with E-state index in [0.717, 1.165) is 29.2 Å². The van der Waals surface area contributed by atoms with Crippen LogP contribution < -0.4 is 10.5 Å². The average Bonchev–Trinajstić information content (AvgIpc) is 2.73. The van der Waals surface area contributed by atoms with Crippen molar-refractivity contribution in [1.29, 1.82) is 5.41 Å². The minimum atomic E-state index is 0.151. The van der Waals surface area contributed by atoms with Crippen LogP contribution in [-0.4, -0.2) is 15.6 Å². The van der Waals surface area contributed by atoms with Gasteiger partial charge in [0.2, 0.25) is 0 Å². The van der Waals surface area contributed by atoms with Crippen molar-refractivity contribution in [2.75, 3.05) is 0 Å². The number of aryl methyl sites for hydroxylation is 2. The van der Waals surface area contributed by atoms with Crippen molar-refractivity contribution in [2.24, 2.45) is 5.73 Å². The molecule has 112 valence electrons. The van der Waals surface area contributed by atoms with Gasteiger partial charge in [-0.2, -0.15) is 5.10 Å². The maximum absolute atomic E-state index is 7.27. The fraction of sp³-hybridized carbons (Fsp3) is 0.333. The molecule has 1 heterocycles. The lowest BCUT2D eigenvalue weighted by Gasteiger charge is -2.09. The van der Waals surface area contributed by atoms with Crippen molar-refractivity contribution in [3.8, 4) is 5.75 Å². The Bertz CT molecular complexity index is 634. The Labute approximate surface area is 129 Å². The van der Waals surface area contributed by atoms with E-state index in [1.807, 2.05) is 42.8 Å². The smallest absolute Gasteiger partial charge is 0.131 e. The molecule has 0 fully saturated rings. The summed E-state index contributed by atoms with van der Waals surface area (Å²) < 4.78 is 7.61. The van der Waals surface area contributed by atoms with Gasteiger partial charge in [0.15, 0.2) is 0 Å². The van der Waals surface area contributed by atoms with Crippen LogP contribution in [-0.2, 0) is 19.6 Å². The summed E-state index contributed by atoms with van der Waals surface area (Å²) in [6.07, 6.45) is 0.452. The molecule has 2 rings (SSSR count). The third-order valence-electron chi connectivity index (χ3n) is 3.15. The topological polar surface area (TPSA) is 76.9 Å². The van der Waals surface area contributed by atoms with Crippen LogP contribution in [0, 0.1) is 12.3 Å². The summed E-state index contributed by atoms with van der Waals surface area (Å²) in [6, 6.07) is 7.54. The highest BCUT2D eigenvalue weighted by Crippen LogP contribution is 2.22. The van der Waals surface area contributed by atoms with Gasteiger partial charge < -0.3 is 10.5 Å². The maximum atomic E-state index is 7.27. The Kier molecular flexibility index (Phi) is 4.85. The number of hydrogen-bond acceptors (Lipinski definition) is 3. The summed E-state index contributed by atoms with van der Waals surface area (Å²) in [6.45, 7) is 5.03. The van der Waals surface area contributed by atoms with Crippen molar-refractivity contribution in [3.63, 3.8) is 0 Å². The lowest BCUT2D eigenvalue weighted by molar-refractivity contribution is 0.292. The molecule has 0 atom stereocenters. The number of hydrogen-bond donors (Lipinski definition) is 2. The van der Waals surface area contributed by atoms with Gasteiger partial charge in [-0.15, -0.1) is 0 Å². The van der Waals surface area contributed by atoms with Crippen molar-refractivity contribution in [3.05, 3.63) is 46.2 Å². The maximum Gasteiger partial charge on any atom is 0.131 e. The highest BCUT2D eigenvalue weighted by Gasteiger charge is 2.12. The normalized spacial score (nSPS) is 10.6. The highest BCUT2D eigenvalue weighted by atomic mass is 35.5. The van der Waals surface area contributed by atoms with Crippen LogP contribution in [0.5, 0.6) is 5.75 Å². The fourth-order valence-electron chi connectivity index (χ4n) is 2.08. The molecule has 1 aromatic heterocycles. The van der Waals surface area contributed by atoms with Gasteiger partial charge in [0, 0.05) is 13.0 Å². The minimum absolute atomic E-state index is 0.151. The predicted octanol–water partition coefficient (Wildman–Crippen LogP) is 2.92. The van der Waals surface area contributed by atoms with Gasteiger partial charge >= 0.3 is 0 Å². The number of ether oxygens (including phenoxy) is 1. The first-order chi connectivity index (χ1) is 10.0. The van der Waals surface area contributed by atoms with E-state index in [1.165, 1.54) is 0 Å². The van der Waals surface area contributed by atoms with E-state index in [9.17, 15) is 0 Å². The van der Waals surface area contributed by atoms with Crippen molar-refractivity contribution >= 4 is 17.4 Å². The van der Waals surface area contributed by atoms with Gasteiger partial charge in [0.1, 0.15) is 12.4 Å². The molecular weight excluding hydrogens is 288 g/mol. The van der Waals surface area contributed by atoms with Crippen LogP contribution in [0.2, 0.25) is 5.02 Å². The molecule has 0 unspecified atom stereocenters. The molecule has 0 aliphatic rings.